The van der Waals surface area contributed by atoms with Gasteiger partial charge in [-0.3, -0.25) is 4.98 Å². The molecule has 2 aromatic heterocycles. The van der Waals surface area contributed by atoms with Crippen LogP contribution in [-0.2, 0) is 11.5 Å². The van der Waals surface area contributed by atoms with Gasteiger partial charge in [-0.05, 0) is 49.1 Å². The third-order valence-electron chi connectivity index (χ3n) is 6.77. The maximum atomic E-state index is 12.5. The molecule has 3 aromatic rings. The van der Waals surface area contributed by atoms with Crippen molar-refractivity contribution >= 4 is 14.2 Å². The van der Waals surface area contributed by atoms with Crippen molar-refractivity contribution in [3.63, 3.8) is 0 Å². The van der Waals surface area contributed by atoms with E-state index in [9.17, 15) is 4.79 Å². The number of methoxy groups -OCH3 is 1. The second kappa shape index (κ2) is 13.0. The Hall–Kier alpha value is -3.24. The molecule has 1 fully saturated rings. The minimum atomic E-state index is -1.17. The maximum Gasteiger partial charge on any atom is 0.412 e. The predicted octanol–water partition coefficient (Wildman–Crippen LogP) is 6.00. The smallest absolute Gasteiger partial charge is 0.412 e. The average molecular weight is 538 g/mol. The normalized spacial score (nSPS) is 14.3. The number of nitrogens with one attached hydrogen (secondary N) is 1. The van der Waals surface area contributed by atoms with E-state index in [0.29, 0.717) is 43.1 Å². The summed E-state index contributed by atoms with van der Waals surface area (Å²) in [6, 6.07) is 8.38. The van der Waals surface area contributed by atoms with Crippen LogP contribution < -0.4 is 14.8 Å². The molecule has 204 valence electrons. The topological polar surface area (TPSA) is 100 Å². The van der Waals surface area contributed by atoms with Gasteiger partial charge in [0.1, 0.15) is 24.6 Å². The molecule has 4 rings (SSSR count). The zero-order chi connectivity index (χ0) is 27.0. The lowest BCUT2D eigenvalue weighted by Crippen LogP contribution is -2.32. The number of ether oxygens (including phenoxy) is 3. The lowest BCUT2D eigenvalue weighted by molar-refractivity contribution is 0.0796. The van der Waals surface area contributed by atoms with Gasteiger partial charge in [0.15, 0.2) is 5.82 Å². The summed E-state index contributed by atoms with van der Waals surface area (Å²) >= 11 is 0. The summed E-state index contributed by atoms with van der Waals surface area (Å²) in [5.41, 5.74) is 2.37. The van der Waals surface area contributed by atoms with Gasteiger partial charge in [-0.2, -0.15) is 5.10 Å². The van der Waals surface area contributed by atoms with Gasteiger partial charge in [-0.25, -0.2) is 14.5 Å². The number of carbonyl (C=O) groups excluding carboxylic acids is 1. The van der Waals surface area contributed by atoms with Gasteiger partial charge in [0.05, 0.1) is 7.11 Å². The molecule has 0 saturated heterocycles. The number of hydrogen-bond donors (Lipinski definition) is 1. The highest BCUT2D eigenvalue weighted by Crippen LogP contribution is 2.35. The van der Waals surface area contributed by atoms with Crippen LogP contribution in [0.5, 0.6) is 11.5 Å². The molecule has 10 heteroatoms. The highest BCUT2D eigenvalue weighted by molar-refractivity contribution is 6.76. The number of pyridine rings is 1. The number of carbonyl (C=O) groups is 1. The summed E-state index contributed by atoms with van der Waals surface area (Å²) in [5, 5.41) is 7.25. The molecule has 2 heterocycles. The largest absolute Gasteiger partial charge is 0.496 e. The summed E-state index contributed by atoms with van der Waals surface area (Å²) in [7, 11) is 0.447. The monoisotopic (exact) mass is 537 g/mol. The summed E-state index contributed by atoms with van der Waals surface area (Å²) < 4.78 is 18.8. The van der Waals surface area contributed by atoms with Crippen LogP contribution in [0, 0.1) is 5.92 Å². The molecular formula is C28H39N5O4Si. The van der Waals surface area contributed by atoms with Crippen molar-refractivity contribution in [3.05, 3.63) is 43.0 Å². The molecule has 38 heavy (non-hydrogen) atoms. The van der Waals surface area contributed by atoms with Crippen molar-refractivity contribution < 1.29 is 19.0 Å². The van der Waals surface area contributed by atoms with Crippen molar-refractivity contribution in [1.82, 2.24) is 25.1 Å². The first kappa shape index (κ1) is 27.8. The number of hydrogen-bond acceptors (Lipinski definition) is 7. The fourth-order valence-electron chi connectivity index (χ4n) is 4.56. The molecule has 1 aliphatic carbocycles. The van der Waals surface area contributed by atoms with Crippen molar-refractivity contribution in [2.24, 2.45) is 5.92 Å². The first-order valence-electron chi connectivity index (χ1n) is 13.4. The number of benzene rings is 1. The highest BCUT2D eigenvalue weighted by Gasteiger charge is 2.17. The molecule has 0 unspecified atom stereocenters. The number of rotatable bonds is 11. The number of nitrogens with zero attached hydrogens (tertiary/aromatic N) is 4. The lowest BCUT2D eigenvalue weighted by Gasteiger charge is -2.21. The van der Waals surface area contributed by atoms with E-state index in [2.05, 4.69) is 40.0 Å². The fourth-order valence-corrected chi connectivity index (χ4v) is 5.32. The predicted molar refractivity (Wildman–Crippen MR) is 150 cm³/mol. The first-order valence-corrected chi connectivity index (χ1v) is 17.1. The number of amides is 1. The molecule has 1 amide bonds. The van der Waals surface area contributed by atoms with Gasteiger partial charge in [0, 0.05) is 50.3 Å². The van der Waals surface area contributed by atoms with E-state index in [1.165, 1.54) is 25.6 Å². The van der Waals surface area contributed by atoms with Crippen LogP contribution in [0.15, 0.2) is 43.0 Å². The van der Waals surface area contributed by atoms with Crippen LogP contribution >= 0.6 is 0 Å². The van der Waals surface area contributed by atoms with Crippen molar-refractivity contribution in [2.45, 2.75) is 64.5 Å². The molecule has 9 nitrogen and oxygen atoms in total. The van der Waals surface area contributed by atoms with Crippen LogP contribution in [-0.4, -0.2) is 54.2 Å². The van der Waals surface area contributed by atoms with Gasteiger partial charge >= 0.3 is 6.09 Å². The Kier molecular flexibility index (Phi) is 9.51. The molecule has 0 spiro atoms. The molecule has 0 aliphatic heterocycles. The highest BCUT2D eigenvalue weighted by atomic mass is 28.3. The van der Waals surface area contributed by atoms with Crippen molar-refractivity contribution in [1.29, 1.82) is 0 Å². The van der Waals surface area contributed by atoms with Gasteiger partial charge in [0.2, 0.25) is 0 Å². The molecule has 1 saturated carbocycles. The molecule has 0 bridgehead atoms. The van der Waals surface area contributed by atoms with Gasteiger partial charge in [0.25, 0.3) is 0 Å². The second-order valence-corrected chi connectivity index (χ2v) is 16.7. The minimum Gasteiger partial charge on any atom is -0.496 e. The maximum absolute atomic E-state index is 12.5. The minimum absolute atomic E-state index is 0.326. The van der Waals surface area contributed by atoms with E-state index in [-0.39, 0.29) is 0 Å². The Balaban J connectivity index is 1.46. The molecule has 0 atom stereocenters. The first-order chi connectivity index (χ1) is 18.3. The van der Waals surface area contributed by atoms with E-state index in [4.69, 9.17) is 14.2 Å². The number of aromatic nitrogens is 4. The summed E-state index contributed by atoms with van der Waals surface area (Å²) in [4.78, 5) is 21.3. The fraction of sp³-hybridized carbons (Fsp3) is 0.500. The Morgan fingerprint density at radius 3 is 2.66 bits per heavy atom. The van der Waals surface area contributed by atoms with E-state index in [1.807, 2.05) is 6.07 Å². The molecular weight excluding hydrogens is 498 g/mol. The third-order valence-corrected chi connectivity index (χ3v) is 8.48. The molecule has 1 aliphatic rings. The van der Waals surface area contributed by atoms with Crippen LogP contribution in [0.3, 0.4) is 0 Å². The Morgan fingerprint density at radius 1 is 1.11 bits per heavy atom. The quantitative estimate of drug-likeness (QED) is 0.237. The molecule has 0 radical (unpaired) electrons. The summed E-state index contributed by atoms with van der Waals surface area (Å²) in [6.07, 6.45) is 10.7. The SMILES string of the molecule is COc1ccc(OC(=O)NCC2CCCCC2)cc1-c1cncc(-c2ncnn2COCC[Si](C)(C)C)c1. The van der Waals surface area contributed by atoms with E-state index in [0.717, 1.165) is 35.6 Å². The Morgan fingerprint density at radius 2 is 1.89 bits per heavy atom. The zero-order valence-electron chi connectivity index (χ0n) is 22.9. The van der Waals surface area contributed by atoms with Crippen molar-refractivity contribution in [2.75, 3.05) is 20.3 Å². The standard InChI is InChI=1S/C28H39N5O4Si/c1-35-26-11-10-24(37-28(34)30-16-21-8-6-5-7-9-21)15-25(26)22-14-23(18-29-17-22)27-31-19-32-33(27)20-36-12-13-38(2,3)4/h10-11,14-15,17-19,21H,5-9,12-13,16,20H2,1-4H3,(H,30,34). The van der Waals surface area contributed by atoms with Gasteiger partial charge < -0.3 is 19.5 Å². The molecule has 1 aromatic carbocycles. The van der Waals surface area contributed by atoms with Crippen molar-refractivity contribution in [3.8, 4) is 34.0 Å². The van der Waals surface area contributed by atoms with E-state index in [1.54, 1.807) is 42.4 Å². The van der Waals surface area contributed by atoms with Crippen LogP contribution in [0.1, 0.15) is 32.1 Å². The van der Waals surface area contributed by atoms with Crippen LogP contribution in [0.4, 0.5) is 4.79 Å². The van der Waals surface area contributed by atoms with Crippen LogP contribution in [0.2, 0.25) is 25.7 Å². The van der Waals surface area contributed by atoms with Gasteiger partial charge in [-0.15, -0.1) is 0 Å². The summed E-state index contributed by atoms with van der Waals surface area (Å²) in [6.45, 7) is 8.65. The third kappa shape index (κ3) is 7.88. The Labute approximate surface area is 225 Å². The Bertz CT molecular complexity index is 1200. The average Bonchev–Trinajstić information content (AvgIpc) is 3.39. The lowest BCUT2D eigenvalue weighted by atomic mass is 9.89. The van der Waals surface area contributed by atoms with Crippen LogP contribution in [0.25, 0.3) is 22.5 Å². The van der Waals surface area contributed by atoms with E-state index < -0.39 is 14.2 Å². The second-order valence-electron chi connectivity index (χ2n) is 11.0. The molecule has 1 N–H and O–H groups in total. The van der Waals surface area contributed by atoms with E-state index >= 15 is 0 Å². The summed E-state index contributed by atoms with van der Waals surface area (Å²) in [5.74, 6) is 2.28. The van der Waals surface area contributed by atoms with Gasteiger partial charge in [-0.1, -0.05) is 38.9 Å². The zero-order valence-corrected chi connectivity index (χ0v) is 23.9.